The molecule has 26 heavy (non-hydrogen) atoms. The van der Waals surface area contributed by atoms with E-state index >= 15 is 0 Å². The molecule has 8 N–H and O–H groups in total. The van der Waals surface area contributed by atoms with Crippen LogP contribution < -0.4 is 32.7 Å². The second-order valence-corrected chi connectivity index (χ2v) is 5.17. The Morgan fingerprint density at radius 2 is 1.65 bits per heavy atom. The Labute approximate surface area is 150 Å². The monoisotopic (exact) mass is 371 g/mol. The first-order chi connectivity index (χ1) is 12.3. The highest BCUT2D eigenvalue weighted by molar-refractivity contribution is 5.91. The van der Waals surface area contributed by atoms with Crippen LogP contribution in [0.5, 0.6) is 0 Å². The molecule has 0 spiro atoms. The van der Waals surface area contributed by atoms with E-state index in [2.05, 4.69) is 26.3 Å². The lowest BCUT2D eigenvalue weighted by Crippen LogP contribution is -2.49. The molecule has 0 unspecified atom stereocenters. The zero-order valence-electron chi connectivity index (χ0n) is 14.5. The molecule has 0 aromatic heterocycles. The van der Waals surface area contributed by atoms with E-state index in [1.165, 1.54) is 6.92 Å². The third-order valence-electron chi connectivity index (χ3n) is 2.89. The molecular formula is C14H25N7O5. The summed E-state index contributed by atoms with van der Waals surface area (Å²) in [5, 5.41) is 9.36. The van der Waals surface area contributed by atoms with E-state index in [4.69, 9.17) is 11.5 Å². The molecule has 0 rings (SSSR count). The number of amides is 4. The number of aliphatic imine (C=N–C) groups is 1. The highest BCUT2D eigenvalue weighted by Crippen LogP contribution is 1.98. The van der Waals surface area contributed by atoms with Crippen molar-refractivity contribution in [1.82, 2.24) is 21.3 Å². The van der Waals surface area contributed by atoms with Gasteiger partial charge < -0.3 is 37.5 Å². The van der Waals surface area contributed by atoms with Gasteiger partial charge in [-0.2, -0.15) is 0 Å². The van der Waals surface area contributed by atoms with Crippen LogP contribution in [0.25, 0.3) is 0 Å². The van der Waals surface area contributed by atoms with Gasteiger partial charge in [-0.05, 0) is 12.8 Å². The zero-order valence-corrected chi connectivity index (χ0v) is 14.5. The first-order valence-corrected chi connectivity index (χ1v) is 7.83. The number of carbonyl (C=O) groups is 5. The number of rotatable bonds is 12. The number of hydrogen-bond donors (Lipinski definition) is 6. The minimum absolute atomic E-state index is 0.0700. The predicted octanol–water partition coefficient (Wildman–Crippen LogP) is -3.91. The highest BCUT2D eigenvalue weighted by Gasteiger charge is 2.19. The van der Waals surface area contributed by atoms with Crippen molar-refractivity contribution in [1.29, 1.82) is 0 Å². The summed E-state index contributed by atoms with van der Waals surface area (Å²) >= 11 is 0. The molecule has 0 aromatic rings. The van der Waals surface area contributed by atoms with Gasteiger partial charge in [0.2, 0.25) is 23.6 Å². The molecule has 12 heteroatoms. The molecule has 0 heterocycles. The van der Waals surface area contributed by atoms with Crippen LogP contribution in [-0.4, -0.2) is 68.1 Å². The van der Waals surface area contributed by atoms with Gasteiger partial charge in [-0.15, -0.1) is 0 Å². The van der Waals surface area contributed by atoms with Crippen LogP contribution >= 0.6 is 0 Å². The molecule has 0 aliphatic rings. The van der Waals surface area contributed by atoms with Gasteiger partial charge in [0, 0.05) is 13.5 Å². The fraction of sp³-hybridized carbons (Fsp3) is 0.571. The summed E-state index contributed by atoms with van der Waals surface area (Å²) in [5.41, 5.74) is 10.4. The maximum atomic E-state index is 12.1. The summed E-state index contributed by atoms with van der Waals surface area (Å²) in [6.45, 7) is 0.715. The van der Waals surface area contributed by atoms with Gasteiger partial charge in [-0.3, -0.25) is 24.2 Å². The number of nitrogens with zero attached hydrogens (tertiary/aromatic N) is 1. The van der Waals surface area contributed by atoms with Gasteiger partial charge in [0.25, 0.3) is 0 Å². The SMILES string of the molecule is CC(=O)N[C@H](CCCN=C(N)N)C(=O)NCC(=O)NCC(=O)NCC=O. The van der Waals surface area contributed by atoms with Crippen molar-refractivity contribution in [3.05, 3.63) is 0 Å². The summed E-state index contributed by atoms with van der Waals surface area (Å²) in [6.07, 6.45) is 1.23. The maximum absolute atomic E-state index is 12.1. The lowest BCUT2D eigenvalue weighted by molar-refractivity contribution is -0.130. The number of nitrogens with two attached hydrogens (primary N) is 2. The molecule has 146 valence electrons. The minimum Gasteiger partial charge on any atom is -0.370 e. The van der Waals surface area contributed by atoms with Crippen LogP contribution in [0.15, 0.2) is 4.99 Å². The van der Waals surface area contributed by atoms with Gasteiger partial charge in [0.1, 0.15) is 12.3 Å². The number of hydrogen-bond acceptors (Lipinski definition) is 6. The van der Waals surface area contributed by atoms with Gasteiger partial charge in [0.05, 0.1) is 19.6 Å². The number of guanidine groups is 1. The van der Waals surface area contributed by atoms with Gasteiger partial charge in [-0.1, -0.05) is 0 Å². The molecule has 0 aliphatic heterocycles. The fourth-order valence-corrected chi connectivity index (χ4v) is 1.77. The molecule has 0 saturated heterocycles. The Balaban J connectivity index is 4.30. The van der Waals surface area contributed by atoms with Crippen molar-refractivity contribution in [3.8, 4) is 0 Å². The Bertz CT molecular complexity index is 546. The molecule has 1 atom stereocenters. The van der Waals surface area contributed by atoms with Crippen LogP contribution in [0.4, 0.5) is 0 Å². The van der Waals surface area contributed by atoms with Crippen molar-refractivity contribution in [3.63, 3.8) is 0 Å². The topological polar surface area (TPSA) is 198 Å². The van der Waals surface area contributed by atoms with Gasteiger partial charge in [0.15, 0.2) is 5.96 Å². The van der Waals surface area contributed by atoms with Gasteiger partial charge >= 0.3 is 0 Å². The average Bonchev–Trinajstić information content (AvgIpc) is 2.57. The Morgan fingerprint density at radius 3 is 2.23 bits per heavy atom. The maximum Gasteiger partial charge on any atom is 0.243 e. The van der Waals surface area contributed by atoms with Crippen molar-refractivity contribution >= 4 is 35.9 Å². The smallest absolute Gasteiger partial charge is 0.243 e. The summed E-state index contributed by atoms with van der Waals surface area (Å²) in [5.74, 6) is -2.15. The van der Waals surface area contributed by atoms with Crippen LogP contribution in [0, 0.1) is 0 Å². The van der Waals surface area contributed by atoms with E-state index in [1.807, 2.05) is 0 Å². The van der Waals surface area contributed by atoms with Crippen molar-refractivity contribution in [2.45, 2.75) is 25.8 Å². The second-order valence-electron chi connectivity index (χ2n) is 5.17. The largest absolute Gasteiger partial charge is 0.370 e. The summed E-state index contributed by atoms with van der Waals surface area (Å²) in [7, 11) is 0. The van der Waals surface area contributed by atoms with Crippen molar-refractivity contribution in [2.75, 3.05) is 26.2 Å². The number of aldehydes is 1. The van der Waals surface area contributed by atoms with Crippen LogP contribution in [0.3, 0.4) is 0 Å². The lowest BCUT2D eigenvalue weighted by atomic mass is 10.1. The normalized spacial score (nSPS) is 10.8. The summed E-state index contributed by atoms with van der Waals surface area (Å²) in [6, 6.07) is -0.842. The van der Waals surface area contributed by atoms with Crippen molar-refractivity contribution < 1.29 is 24.0 Å². The Morgan fingerprint density at radius 1 is 1.04 bits per heavy atom. The van der Waals surface area contributed by atoms with E-state index in [0.717, 1.165) is 0 Å². The van der Waals surface area contributed by atoms with Crippen LogP contribution in [0.2, 0.25) is 0 Å². The molecule has 0 bridgehead atoms. The number of carbonyl (C=O) groups excluding carboxylic acids is 5. The predicted molar refractivity (Wildman–Crippen MR) is 92.6 cm³/mol. The second kappa shape index (κ2) is 13.1. The molecule has 0 saturated carbocycles. The molecule has 0 aliphatic carbocycles. The molecule has 0 radical (unpaired) electrons. The third kappa shape index (κ3) is 12.3. The minimum atomic E-state index is -0.842. The fourth-order valence-electron chi connectivity index (χ4n) is 1.77. The average molecular weight is 371 g/mol. The summed E-state index contributed by atoms with van der Waals surface area (Å²) in [4.78, 5) is 60.0. The first kappa shape index (κ1) is 22.8. The quantitative estimate of drug-likeness (QED) is 0.0871. The van der Waals surface area contributed by atoms with Crippen molar-refractivity contribution in [2.24, 2.45) is 16.5 Å². The van der Waals surface area contributed by atoms with Gasteiger partial charge in [-0.25, -0.2) is 0 Å². The standard InChI is InChI=1S/C14H25N7O5/c1-9(23)21-10(3-2-4-18-14(15)16)13(26)20-8-12(25)19-7-11(24)17-5-6-22/h6,10H,2-5,7-8H2,1H3,(H,17,24)(H,19,25)(H,20,26)(H,21,23)(H4,15,16,18)/t10-/m1/s1. The molecule has 0 fully saturated rings. The zero-order chi connectivity index (χ0) is 19.9. The molecular weight excluding hydrogens is 346 g/mol. The third-order valence-corrected chi connectivity index (χ3v) is 2.89. The van der Waals surface area contributed by atoms with E-state index in [0.29, 0.717) is 19.3 Å². The molecule has 12 nitrogen and oxygen atoms in total. The van der Waals surface area contributed by atoms with E-state index in [-0.39, 0.29) is 32.0 Å². The van der Waals surface area contributed by atoms with Crippen LogP contribution in [0.1, 0.15) is 19.8 Å². The van der Waals surface area contributed by atoms with Crippen LogP contribution in [-0.2, 0) is 24.0 Å². The van der Waals surface area contributed by atoms with E-state index in [1.54, 1.807) is 0 Å². The summed E-state index contributed by atoms with van der Waals surface area (Å²) < 4.78 is 0. The Hall–Kier alpha value is -3.18. The molecule has 4 amide bonds. The lowest BCUT2D eigenvalue weighted by Gasteiger charge is -2.17. The molecule has 0 aromatic carbocycles. The van der Waals surface area contributed by atoms with E-state index < -0.39 is 29.7 Å². The van der Waals surface area contributed by atoms with E-state index in [9.17, 15) is 24.0 Å². The first-order valence-electron chi connectivity index (χ1n) is 7.83. The highest BCUT2D eigenvalue weighted by atomic mass is 16.2. The Kier molecular flexibility index (Phi) is 11.5. The number of nitrogens with one attached hydrogen (secondary N) is 4.